The van der Waals surface area contributed by atoms with E-state index in [1.807, 2.05) is 6.07 Å². The highest BCUT2D eigenvalue weighted by atomic mass is 32.5. The second kappa shape index (κ2) is 7.88. The van der Waals surface area contributed by atoms with Gasteiger partial charge in [0.15, 0.2) is 5.78 Å². The molecule has 0 aromatic heterocycles. The molecule has 22 heavy (non-hydrogen) atoms. The highest BCUT2D eigenvalue weighted by Crippen LogP contribution is 2.26. The maximum Gasteiger partial charge on any atom is 0.319 e. The van der Waals surface area contributed by atoms with Gasteiger partial charge in [0.25, 0.3) is 5.69 Å². The van der Waals surface area contributed by atoms with Crippen molar-refractivity contribution in [2.24, 2.45) is 0 Å². The number of carbonyl (C=O) groups is 1. The van der Waals surface area contributed by atoms with Gasteiger partial charge in [0.1, 0.15) is 0 Å². The van der Waals surface area contributed by atoms with Crippen LogP contribution in [0.5, 0.6) is 0 Å². The molecule has 0 bridgehead atoms. The zero-order chi connectivity index (χ0) is 16.8. The van der Waals surface area contributed by atoms with Gasteiger partial charge < -0.3 is 14.7 Å². The van der Waals surface area contributed by atoms with E-state index in [2.05, 4.69) is 11.8 Å². The van der Waals surface area contributed by atoms with Crippen molar-refractivity contribution in [2.45, 2.75) is 0 Å². The third-order valence-corrected chi connectivity index (χ3v) is 2.38. The monoisotopic (exact) mass is 341 g/mol. The molecule has 0 unspecified atom stereocenters. The lowest BCUT2D eigenvalue weighted by Crippen LogP contribution is -2.00. The minimum atomic E-state index is -3.81. The van der Waals surface area contributed by atoms with Crippen LogP contribution in [-0.4, -0.2) is 25.4 Å². The molecule has 0 aliphatic heterocycles. The average Bonchev–Trinajstić information content (AvgIpc) is 2.46. The first kappa shape index (κ1) is 18.1. The van der Waals surface area contributed by atoms with Crippen LogP contribution in [0.4, 0.5) is 5.69 Å². The number of hydrogen-bond donors (Lipinski definition) is 3. The predicted octanol–water partition coefficient (Wildman–Crippen LogP) is 2.01. The lowest BCUT2D eigenvalue weighted by molar-refractivity contribution is -0.384. The van der Waals surface area contributed by atoms with Crippen LogP contribution in [-0.2, 0) is 11.8 Å². The normalized spacial score (nSPS) is 10.3. The van der Waals surface area contributed by atoms with Crippen LogP contribution in [0.2, 0.25) is 0 Å². The highest BCUT2D eigenvalue weighted by molar-refractivity contribution is 8.06. The number of nitrogens with zero attached hydrogens (tertiary/aromatic N) is 1. The van der Waals surface area contributed by atoms with Crippen LogP contribution >= 0.6 is 6.72 Å². The van der Waals surface area contributed by atoms with Gasteiger partial charge in [-0.05, 0) is 23.9 Å². The Morgan fingerprint density at radius 1 is 0.955 bits per heavy atom. The van der Waals surface area contributed by atoms with E-state index in [9.17, 15) is 14.9 Å². The summed E-state index contributed by atoms with van der Waals surface area (Å²) >= 11 is 3.60. The Balaban J connectivity index is 0.000000422. The van der Waals surface area contributed by atoms with Crippen molar-refractivity contribution in [1.29, 1.82) is 0 Å². The highest BCUT2D eigenvalue weighted by Gasteiger charge is 2.10. The molecule has 2 aromatic rings. The smallest absolute Gasteiger partial charge is 0.319 e. The van der Waals surface area contributed by atoms with Crippen molar-refractivity contribution < 1.29 is 24.4 Å². The Morgan fingerprint density at radius 3 is 1.77 bits per heavy atom. The quantitative estimate of drug-likeness (QED) is 0.338. The Hall–Kier alpha value is -1.96. The molecule has 9 heteroatoms. The van der Waals surface area contributed by atoms with Gasteiger partial charge >= 0.3 is 6.72 Å². The molecule has 0 spiro atoms. The number of nitro groups is 1. The van der Waals surface area contributed by atoms with Gasteiger partial charge in [0.2, 0.25) is 0 Å². The number of nitro benzene ring substituents is 1. The zero-order valence-electron chi connectivity index (χ0n) is 11.1. The molecule has 0 heterocycles. The van der Waals surface area contributed by atoms with Crippen molar-refractivity contribution in [3.05, 3.63) is 75.8 Å². The van der Waals surface area contributed by atoms with Gasteiger partial charge in [-0.2, -0.15) is 0 Å². The lowest BCUT2D eigenvalue weighted by atomic mass is 10.0. The van der Waals surface area contributed by atoms with Gasteiger partial charge in [-0.3, -0.25) is 14.9 Å². The van der Waals surface area contributed by atoms with Crippen LogP contribution in [0.3, 0.4) is 0 Å². The number of hydrogen-bond acceptors (Lipinski definition) is 4. The summed E-state index contributed by atoms with van der Waals surface area (Å²) in [5.41, 5.74) is 0.998. The molecular weight excluding hydrogens is 329 g/mol. The SMILES string of the molecule is O=C(c1ccccc1)c1ccc([N+](=O)[O-])cc1.OP(O)(O)=S. The molecule has 0 atom stereocenters. The number of ketones is 1. The van der Waals surface area contributed by atoms with Crippen molar-refractivity contribution >= 4 is 30.0 Å². The molecule has 0 saturated heterocycles. The van der Waals surface area contributed by atoms with E-state index < -0.39 is 11.6 Å². The minimum Gasteiger partial charge on any atom is -0.325 e. The van der Waals surface area contributed by atoms with E-state index in [-0.39, 0.29) is 11.5 Å². The first-order valence-electron chi connectivity index (χ1n) is 5.81. The number of rotatable bonds is 3. The molecule has 7 nitrogen and oxygen atoms in total. The van der Waals surface area contributed by atoms with Crippen LogP contribution in [0.1, 0.15) is 15.9 Å². The van der Waals surface area contributed by atoms with Gasteiger partial charge in [-0.15, -0.1) is 0 Å². The second-order valence-corrected chi connectivity index (χ2v) is 6.51. The molecular formula is C13H12NO6PS. The van der Waals surface area contributed by atoms with E-state index >= 15 is 0 Å². The molecule has 0 saturated carbocycles. The summed E-state index contributed by atoms with van der Waals surface area (Å²) in [5, 5.41) is 10.5. The van der Waals surface area contributed by atoms with Crippen molar-refractivity contribution in [2.75, 3.05) is 0 Å². The topological polar surface area (TPSA) is 121 Å². The standard InChI is InChI=1S/C13H9NO3.H3O3PS/c15-13(10-4-2-1-3-5-10)11-6-8-12(9-7-11)14(16)17;1-4(2,3)5/h1-9H;(H3,1,2,3,5). The maximum atomic E-state index is 12.0. The Labute approximate surface area is 130 Å². The Kier molecular flexibility index (Phi) is 6.48. The van der Waals surface area contributed by atoms with Crippen LogP contribution in [0.15, 0.2) is 54.6 Å². The third kappa shape index (κ3) is 6.66. The molecule has 2 rings (SSSR count). The van der Waals surface area contributed by atoms with Crippen LogP contribution in [0.25, 0.3) is 0 Å². The minimum absolute atomic E-state index is 0.0189. The zero-order valence-corrected chi connectivity index (χ0v) is 12.8. The Bertz CT molecular complexity index is 690. The van der Waals surface area contributed by atoms with E-state index in [0.29, 0.717) is 11.1 Å². The van der Waals surface area contributed by atoms with E-state index in [1.54, 1.807) is 24.3 Å². The number of benzene rings is 2. The summed E-state index contributed by atoms with van der Waals surface area (Å²) in [5.74, 6) is -0.138. The third-order valence-electron chi connectivity index (χ3n) is 2.38. The molecule has 0 amide bonds. The number of carbonyl (C=O) groups excluding carboxylic acids is 1. The molecule has 116 valence electrons. The van der Waals surface area contributed by atoms with Crippen LogP contribution < -0.4 is 0 Å². The summed E-state index contributed by atoms with van der Waals surface area (Å²) in [6, 6.07) is 14.4. The van der Waals surface area contributed by atoms with Crippen LogP contribution in [0, 0.1) is 10.1 Å². The van der Waals surface area contributed by atoms with E-state index in [1.165, 1.54) is 24.3 Å². The molecule has 0 aliphatic carbocycles. The fourth-order valence-corrected chi connectivity index (χ4v) is 1.49. The van der Waals surface area contributed by atoms with Gasteiger partial charge in [-0.1, -0.05) is 30.3 Å². The predicted molar refractivity (Wildman–Crippen MR) is 83.9 cm³/mol. The summed E-state index contributed by atoms with van der Waals surface area (Å²) in [6.07, 6.45) is 0. The van der Waals surface area contributed by atoms with Crippen molar-refractivity contribution in [1.82, 2.24) is 0 Å². The molecule has 0 fully saturated rings. The van der Waals surface area contributed by atoms with Gasteiger partial charge in [0, 0.05) is 23.3 Å². The molecule has 3 N–H and O–H groups in total. The van der Waals surface area contributed by atoms with E-state index in [0.717, 1.165) is 0 Å². The van der Waals surface area contributed by atoms with Crippen molar-refractivity contribution in [3.63, 3.8) is 0 Å². The summed E-state index contributed by atoms with van der Waals surface area (Å²) in [7, 11) is 0. The summed E-state index contributed by atoms with van der Waals surface area (Å²) < 4.78 is 0. The molecule has 2 aromatic carbocycles. The molecule has 0 aliphatic rings. The van der Waals surface area contributed by atoms with Crippen molar-refractivity contribution in [3.8, 4) is 0 Å². The Morgan fingerprint density at radius 2 is 1.36 bits per heavy atom. The first-order valence-corrected chi connectivity index (χ1v) is 8.47. The first-order chi connectivity index (χ1) is 10.2. The van der Waals surface area contributed by atoms with E-state index in [4.69, 9.17) is 14.7 Å². The van der Waals surface area contributed by atoms with Gasteiger partial charge in [0.05, 0.1) is 4.92 Å². The molecule has 0 radical (unpaired) electrons. The van der Waals surface area contributed by atoms with Gasteiger partial charge in [-0.25, -0.2) is 0 Å². The average molecular weight is 341 g/mol. The number of non-ortho nitro benzene ring substituents is 1. The summed E-state index contributed by atoms with van der Waals surface area (Å²) in [4.78, 5) is 44.6. The maximum absolute atomic E-state index is 12.0. The lowest BCUT2D eigenvalue weighted by Gasteiger charge is -2.00. The fraction of sp³-hybridized carbons (Fsp3) is 0. The fourth-order valence-electron chi connectivity index (χ4n) is 1.49. The summed E-state index contributed by atoms with van der Waals surface area (Å²) in [6.45, 7) is -3.81. The largest absolute Gasteiger partial charge is 0.325 e. The second-order valence-electron chi connectivity index (χ2n) is 4.01.